The van der Waals surface area contributed by atoms with E-state index < -0.39 is 0 Å². The Morgan fingerprint density at radius 1 is 1.40 bits per heavy atom. The highest BCUT2D eigenvalue weighted by molar-refractivity contribution is 7.99. The van der Waals surface area contributed by atoms with Gasteiger partial charge < -0.3 is 5.11 Å². The third-order valence-electron chi connectivity index (χ3n) is 1.72. The first-order valence-electron chi connectivity index (χ1n) is 3.98. The van der Waals surface area contributed by atoms with Crippen molar-refractivity contribution in [3.8, 4) is 0 Å². The lowest BCUT2D eigenvalue weighted by atomic mass is 10.1. The van der Waals surface area contributed by atoms with E-state index >= 15 is 0 Å². The van der Waals surface area contributed by atoms with Crippen molar-refractivity contribution in [2.45, 2.75) is 37.9 Å². The van der Waals surface area contributed by atoms with Crippen molar-refractivity contribution in [3.63, 3.8) is 0 Å². The highest BCUT2D eigenvalue weighted by atomic mass is 32.2. The highest BCUT2D eigenvalue weighted by Crippen LogP contribution is 2.16. The van der Waals surface area contributed by atoms with E-state index in [2.05, 4.69) is 13.2 Å². The third-order valence-corrected chi connectivity index (χ3v) is 2.96. The Morgan fingerprint density at radius 2 is 2.10 bits per heavy atom. The molecule has 0 aromatic carbocycles. The smallest absolute Gasteiger partial charge is 0.0431 e. The maximum absolute atomic E-state index is 8.52. The van der Waals surface area contributed by atoms with Crippen LogP contribution in [0.4, 0.5) is 0 Å². The second-order valence-corrected chi connectivity index (χ2v) is 3.62. The van der Waals surface area contributed by atoms with Crippen LogP contribution >= 0.6 is 11.8 Å². The number of hydrogen-bond donors (Lipinski definition) is 1. The fourth-order valence-corrected chi connectivity index (χ4v) is 1.71. The maximum Gasteiger partial charge on any atom is 0.0431 e. The lowest BCUT2D eigenvalue weighted by Crippen LogP contribution is -1.99. The minimum Gasteiger partial charge on any atom is -0.396 e. The highest BCUT2D eigenvalue weighted by Gasteiger charge is 2.01. The van der Waals surface area contributed by atoms with E-state index in [9.17, 15) is 0 Å². The Balaban J connectivity index is 3.09. The molecule has 0 amide bonds. The molecule has 2 heteroatoms. The average molecular weight is 162 g/mol. The lowest BCUT2D eigenvalue weighted by molar-refractivity contribution is 0.283. The van der Waals surface area contributed by atoms with Crippen LogP contribution in [0, 0.1) is 0 Å². The summed E-state index contributed by atoms with van der Waals surface area (Å²) in [5, 5.41) is 9.33. The van der Waals surface area contributed by atoms with Crippen molar-refractivity contribution >= 4 is 11.8 Å². The summed E-state index contributed by atoms with van der Waals surface area (Å²) < 4.78 is 0. The van der Waals surface area contributed by atoms with Gasteiger partial charge in [-0.25, -0.2) is 0 Å². The van der Waals surface area contributed by atoms with Crippen LogP contribution < -0.4 is 0 Å². The Bertz CT molecular complexity index is 62.3. The Labute approximate surface area is 68.2 Å². The summed E-state index contributed by atoms with van der Waals surface area (Å²) in [5.74, 6) is 0. The standard InChI is InChI=1S/C8H18OS/c1-3-8(10-2)6-4-5-7-9/h8-9H,3-7H2,1-2H3. The predicted molar refractivity (Wildman–Crippen MR) is 48.5 cm³/mol. The second kappa shape index (κ2) is 7.42. The van der Waals surface area contributed by atoms with Crippen LogP contribution in [0.1, 0.15) is 32.6 Å². The number of hydrogen-bond acceptors (Lipinski definition) is 2. The SMILES string of the molecule is CCC(CCCCO)SC. The molecule has 0 aliphatic carbocycles. The molecular formula is C8H18OS. The summed E-state index contributed by atoms with van der Waals surface area (Å²) in [6.45, 7) is 2.57. The van der Waals surface area contributed by atoms with Crippen molar-refractivity contribution in [1.82, 2.24) is 0 Å². The molecule has 0 saturated carbocycles. The van der Waals surface area contributed by atoms with Gasteiger partial charge in [0.15, 0.2) is 0 Å². The number of unbranched alkanes of at least 4 members (excludes halogenated alkanes) is 1. The van der Waals surface area contributed by atoms with Gasteiger partial charge in [-0.05, 0) is 25.5 Å². The van der Waals surface area contributed by atoms with Crippen LogP contribution in [0.3, 0.4) is 0 Å². The van der Waals surface area contributed by atoms with E-state index in [-0.39, 0.29) is 0 Å². The minimum atomic E-state index is 0.352. The lowest BCUT2D eigenvalue weighted by Gasteiger charge is -2.09. The van der Waals surface area contributed by atoms with Crippen LogP contribution in [0.5, 0.6) is 0 Å². The van der Waals surface area contributed by atoms with Crippen LogP contribution in [-0.2, 0) is 0 Å². The molecule has 1 nitrogen and oxygen atoms in total. The molecule has 0 radical (unpaired) electrons. The summed E-state index contributed by atoms with van der Waals surface area (Å²) in [5.41, 5.74) is 0. The van der Waals surface area contributed by atoms with Crippen molar-refractivity contribution in [2.75, 3.05) is 12.9 Å². The maximum atomic E-state index is 8.52. The van der Waals surface area contributed by atoms with E-state index in [1.807, 2.05) is 11.8 Å². The van der Waals surface area contributed by atoms with Gasteiger partial charge in [0.25, 0.3) is 0 Å². The Morgan fingerprint density at radius 3 is 2.50 bits per heavy atom. The van der Waals surface area contributed by atoms with Crippen molar-refractivity contribution in [3.05, 3.63) is 0 Å². The molecule has 0 rings (SSSR count). The predicted octanol–water partition coefficient (Wildman–Crippen LogP) is 2.29. The minimum absolute atomic E-state index is 0.352. The first kappa shape index (κ1) is 10.3. The fraction of sp³-hybridized carbons (Fsp3) is 1.00. The molecule has 1 unspecified atom stereocenters. The van der Waals surface area contributed by atoms with E-state index in [1.54, 1.807) is 0 Å². The van der Waals surface area contributed by atoms with Crippen LogP contribution in [0.2, 0.25) is 0 Å². The molecule has 10 heavy (non-hydrogen) atoms. The normalized spacial score (nSPS) is 13.5. The molecular weight excluding hydrogens is 144 g/mol. The van der Waals surface area contributed by atoms with Gasteiger partial charge >= 0.3 is 0 Å². The molecule has 0 heterocycles. The summed E-state index contributed by atoms with van der Waals surface area (Å²) in [7, 11) is 0. The first-order valence-corrected chi connectivity index (χ1v) is 5.27. The average Bonchev–Trinajstić information content (AvgIpc) is 1.99. The quantitative estimate of drug-likeness (QED) is 0.605. The van der Waals surface area contributed by atoms with Gasteiger partial charge in [-0.1, -0.05) is 13.3 Å². The van der Waals surface area contributed by atoms with Gasteiger partial charge in [0.2, 0.25) is 0 Å². The Kier molecular flexibility index (Phi) is 7.65. The van der Waals surface area contributed by atoms with E-state index in [1.165, 1.54) is 19.3 Å². The molecule has 0 saturated heterocycles. The van der Waals surface area contributed by atoms with Crippen LogP contribution in [0.25, 0.3) is 0 Å². The van der Waals surface area contributed by atoms with E-state index in [4.69, 9.17) is 5.11 Å². The largest absolute Gasteiger partial charge is 0.396 e. The monoisotopic (exact) mass is 162 g/mol. The molecule has 0 aliphatic rings. The van der Waals surface area contributed by atoms with E-state index in [0.717, 1.165) is 11.7 Å². The molecule has 0 aliphatic heterocycles. The molecule has 0 fully saturated rings. The second-order valence-electron chi connectivity index (χ2n) is 2.49. The van der Waals surface area contributed by atoms with E-state index in [0.29, 0.717) is 6.61 Å². The number of rotatable bonds is 6. The fourth-order valence-electron chi connectivity index (χ4n) is 0.972. The molecule has 0 aromatic rings. The van der Waals surface area contributed by atoms with Crippen molar-refractivity contribution in [2.24, 2.45) is 0 Å². The van der Waals surface area contributed by atoms with Crippen molar-refractivity contribution in [1.29, 1.82) is 0 Å². The molecule has 62 valence electrons. The van der Waals surface area contributed by atoms with Crippen LogP contribution in [-0.4, -0.2) is 23.2 Å². The third kappa shape index (κ3) is 5.12. The molecule has 1 N–H and O–H groups in total. The Hall–Kier alpha value is 0.310. The number of aliphatic hydroxyl groups excluding tert-OH is 1. The molecule has 0 bridgehead atoms. The van der Waals surface area contributed by atoms with Gasteiger partial charge in [0, 0.05) is 11.9 Å². The summed E-state index contributed by atoms with van der Waals surface area (Å²) in [6.07, 6.45) is 6.82. The van der Waals surface area contributed by atoms with Crippen LogP contribution in [0.15, 0.2) is 0 Å². The summed E-state index contributed by atoms with van der Waals surface area (Å²) >= 11 is 1.94. The van der Waals surface area contributed by atoms with Crippen molar-refractivity contribution < 1.29 is 5.11 Å². The summed E-state index contributed by atoms with van der Waals surface area (Å²) in [6, 6.07) is 0. The zero-order chi connectivity index (χ0) is 7.82. The summed E-state index contributed by atoms with van der Waals surface area (Å²) in [4.78, 5) is 0. The molecule has 0 aromatic heterocycles. The zero-order valence-corrected chi connectivity index (χ0v) is 7.78. The van der Waals surface area contributed by atoms with Gasteiger partial charge in [0.1, 0.15) is 0 Å². The van der Waals surface area contributed by atoms with Gasteiger partial charge in [-0.2, -0.15) is 11.8 Å². The number of thioether (sulfide) groups is 1. The van der Waals surface area contributed by atoms with Gasteiger partial charge in [0.05, 0.1) is 0 Å². The number of aliphatic hydroxyl groups is 1. The van der Waals surface area contributed by atoms with Gasteiger partial charge in [-0.3, -0.25) is 0 Å². The molecule has 0 spiro atoms. The zero-order valence-electron chi connectivity index (χ0n) is 6.97. The topological polar surface area (TPSA) is 20.2 Å². The molecule has 1 atom stereocenters. The first-order chi connectivity index (χ1) is 4.85. The van der Waals surface area contributed by atoms with Gasteiger partial charge in [-0.15, -0.1) is 0 Å².